The first-order chi connectivity index (χ1) is 12.5. The summed E-state index contributed by atoms with van der Waals surface area (Å²) in [6, 6.07) is 11.0. The van der Waals surface area contributed by atoms with Gasteiger partial charge >= 0.3 is 5.97 Å². The molecule has 2 aliphatic rings. The first-order valence-corrected chi connectivity index (χ1v) is 8.97. The number of aliphatic carboxylic acids is 1. The Hall–Kier alpha value is -3.00. The normalized spacial score (nSPS) is 20.8. The lowest BCUT2D eigenvalue weighted by Crippen LogP contribution is -2.48. The van der Waals surface area contributed by atoms with Crippen molar-refractivity contribution in [1.29, 1.82) is 0 Å². The molecule has 2 aliphatic heterocycles. The summed E-state index contributed by atoms with van der Waals surface area (Å²) in [7, 11) is 0. The van der Waals surface area contributed by atoms with Crippen LogP contribution in [0.25, 0.3) is 0 Å². The molecule has 1 spiro atoms. The summed E-state index contributed by atoms with van der Waals surface area (Å²) in [5.74, 6) is -1.87. The number of carbonyl (C=O) groups is 3. The number of hydrogen-bond donors (Lipinski definition) is 2. The van der Waals surface area contributed by atoms with Crippen LogP contribution in [0.5, 0.6) is 0 Å². The highest BCUT2D eigenvalue weighted by Gasteiger charge is 2.57. The topological polar surface area (TPSA) is 99.1 Å². The average Bonchev–Trinajstić information content (AvgIpc) is 3.33. The monoisotopic (exact) mass is 369 g/mol. The van der Waals surface area contributed by atoms with Crippen LogP contribution in [0, 0.1) is 0 Å². The van der Waals surface area contributed by atoms with Gasteiger partial charge in [-0.1, -0.05) is 24.3 Å². The summed E-state index contributed by atoms with van der Waals surface area (Å²) in [5.41, 5.74) is 0.724. The van der Waals surface area contributed by atoms with Crippen LogP contribution >= 0.6 is 11.3 Å². The summed E-state index contributed by atoms with van der Waals surface area (Å²) in [6.45, 7) is 0. The van der Waals surface area contributed by atoms with E-state index in [1.807, 2.05) is 29.6 Å². The van der Waals surface area contributed by atoms with Gasteiger partial charge in [0.05, 0.1) is 17.0 Å². The van der Waals surface area contributed by atoms with E-state index in [0.29, 0.717) is 17.0 Å². The lowest BCUT2D eigenvalue weighted by Gasteiger charge is -2.30. The van der Waals surface area contributed by atoms with Crippen LogP contribution in [0.15, 0.2) is 46.9 Å². The van der Waals surface area contributed by atoms with Crippen molar-refractivity contribution < 1.29 is 19.5 Å². The maximum Gasteiger partial charge on any atom is 0.303 e. The zero-order valence-electron chi connectivity index (χ0n) is 13.6. The molecule has 4 rings (SSSR count). The van der Waals surface area contributed by atoms with E-state index in [1.54, 1.807) is 12.1 Å². The molecular weight excluding hydrogens is 354 g/mol. The van der Waals surface area contributed by atoms with Crippen LogP contribution in [-0.4, -0.2) is 33.6 Å². The highest BCUT2D eigenvalue weighted by Crippen LogP contribution is 2.47. The molecule has 2 amide bonds. The second-order valence-corrected chi connectivity index (χ2v) is 7.11. The number of nitrogens with one attached hydrogen (secondary N) is 1. The number of fused-ring (bicyclic) bond motifs is 2. The van der Waals surface area contributed by atoms with E-state index in [-0.39, 0.29) is 25.2 Å². The van der Waals surface area contributed by atoms with E-state index >= 15 is 0 Å². The first kappa shape index (κ1) is 16.5. The number of anilines is 1. The van der Waals surface area contributed by atoms with Crippen LogP contribution in [0.2, 0.25) is 0 Å². The Balaban J connectivity index is 1.79. The molecule has 8 heteroatoms. The number of hydrazone groups is 1. The smallest absolute Gasteiger partial charge is 0.303 e. The third kappa shape index (κ3) is 2.41. The lowest BCUT2D eigenvalue weighted by atomic mass is 9.86. The van der Waals surface area contributed by atoms with Gasteiger partial charge in [0.2, 0.25) is 5.91 Å². The molecule has 7 nitrogen and oxygen atoms in total. The predicted molar refractivity (Wildman–Crippen MR) is 95.9 cm³/mol. The van der Waals surface area contributed by atoms with E-state index in [4.69, 9.17) is 5.11 Å². The Morgan fingerprint density at radius 1 is 1.23 bits per heavy atom. The highest BCUT2D eigenvalue weighted by atomic mass is 32.1. The molecule has 2 N–H and O–H groups in total. The van der Waals surface area contributed by atoms with Gasteiger partial charge in [-0.05, 0) is 17.5 Å². The maximum absolute atomic E-state index is 12.9. The van der Waals surface area contributed by atoms with Crippen molar-refractivity contribution in [1.82, 2.24) is 5.01 Å². The lowest BCUT2D eigenvalue weighted by molar-refractivity contribution is -0.146. The van der Waals surface area contributed by atoms with Gasteiger partial charge in [0.15, 0.2) is 5.54 Å². The molecule has 2 aromatic rings. The zero-order chi connectivity index (χ0) is 18.3. The summed E-state index contributed by atoms with van der Waals surface area (Å²) < 4.78 is 0. The third-order valence-electron chi connectivity index (χ3n) is 4.60. The minimum Gasteiger partial charge on any atom is -0.481 e. The molecule has 1 atom stereocenters. The van der Waals surface area contributed by atoms with Gasteiger partial charge in [0.25, 0.3) is 5.91 Å². The predicted octanol–water partition coefficient (Wildman–Crippen LogP) is 2.40. The van der Waals surface area contributed by atoms with Crippen LogP contribution in [0.4, 0.5) is 5.69 Å². The van der Waals surface area contributed by atoms with Crippen molar-refractivity contribution in [3.63, 3.8) is 0 Å². The van der Waals surface area contributed by atoms with Crippen molar-refractivity contribution >= 4 is 40.5 Å². The van der Waals surface area contributed by atoms with Crippen LogP contribution in [-0.2, 0) is 19.9 Å². The maximum atomic E-state index is 12.9. The molecule has 0 saturated heterocycles. The Bertz CT molecular complexity index is 938. The standard InChI is InChI=1S/C18H15N3O4S/c22-15(7-8-16(23)24)21-18(10-13(20-21)14-6-3-9-26-14)11-4-1-2-5-12(11)19-17(18)25/h1-6,9H,7-8,10H2,(H,19,25)(H,23,24). The number of hydrogen-bond acceptors (Lipinski definition) is 5. The van der Waals surface area contributed by atoms with Crippen molar-refractivity contribution in [3.8, 4) is 0 Å². The first-order valence-electron chi connectivity index (χ1n) is 8.09. The Kier molecular flexibility index (Phi) is 3.84. The molecule has 132 valence electrons. The zero-order valence-corrected chi connectivity index (χ0v) is 14.5. The largest absolute Gasteiger partial charge is 0.481 e. The SMILES string of the molecule is O=C(O)CCC(=O)N1N=C(c2cccs2)CC12C(=O)Nc1ccccc12. The molecule has 26 heavy (non-hydrogen) atoms. The fourth-order valence-electron chi connectivity index (χ4n) is 3.41. The quantitative estimate of drug-likeness (QED) is 0.864. The summed E-state index contributed by atoms with van der Waals surface area (Å²) in [4.78, 5) is 37.4. The van der Waals surface area contributed by atoms with E-state index in [2.05, 4.69) is 10.4 Å². The molecule has 0 bridgehead atoms. The van der Waals surface area contributed by atoms with Gasteiger partial charge < -0.3 is 10.4 Å². The number of para-hydroxylation sites is 1. The van der Waals surface area contributed by atoms with Gasteiger partial charge in [-0.15, -0.1) is 11.3 Å². The van der Waals surface area contributed by atoms with E-state index < -0.39 is 17.4 Å². The molecule has 0 aliphatic carbocycles. The number of carboxylic acid groups (broad SMARTS) is 1. The average molecular weight is 369 g/mol. The van der Waals surface area contributed by atoms with Gasteiger partial charge in [0, 0.05) is 24.1 Å². The van der Waals surface area contributed by atoms with Gasteiger partial charge in [-0.3, -0.25) is 14.4 Å². The third-order valence-corrected chi connectivity index (χ3v) is 5.52. The van der Waals surface area contributed by atoms with Gasteiger partial charge in [0.1, 0.15) is 0 Å². The summed E-state index contributed by atoms with van der Waals surface area (Å²) in [5, 5.41) is 19.3. The minimum absolute atomic E-state index is 0.215. The number of nitrogens with zero attached hydrogens (tertiary/aromatic N) is 2. The molecule has 1 aromatic carbocycles. The summed E-state index contributed by atoms with van der Waals surface area (Å²) >= 11 is 1.48. The van der Waals surface area contributed by atoms with Crippen molar-refractivity contribution in [2.45, 2.75) is 24.8 Å². The number of carbonyl (C=O) groups excluding carboxylic acids is 2. The Morgan fingerprint density at radius 3 is 2.77 bits per heavy atom. The fraction of sp³-hybridized carbons (Fsp3) is 0.222. The minimum atomic E-state index is -1.26. The van der Waals surface area contributed by atoms with E-state index in [9.17, 15) is 14.4 Å². The number of amides is 2. The van der Waals surface area contributed by atoms with Crippen molar-refractivity contribution in [2.24, 2.45) is 5.10 Å². The van der Waals surface area contributed by atoms with Crippen molar-refractivity contribution in [2.75, 3.05) is 5.32 Å². The molecule has 0 radical (unpaired) electrons. The fourth-order valence-corrected chi connectivity index (χ4v) is 4.12. The van der Waals surface area contributed by atoms with Crippen LogP contribution in [0.1, 0.15) is 29.7 Å². The number of carboxylic acids is 1. The number of rotatable bonds is 4. The molecule has 1 aromatic heterocycles. The number of thiophene rings is 1. The molecule has 1 unspecified atom stereocenters. The number of benzene rings is 1. The van der Waals surface area contributed by atoms with E-state index in [0.717, 1.165) is 4.88 Å². The molecular formula is C18H15N3O4S. The van der Waals surface area contributed by atoms with Crippen LogP contribution in [0.3, 0.4) is 0 Å². The Morgan fingerprint density at radius 2 is 2.04 bits per heavy atom. The van der Waals surface area contributed by atoms with Gasteiger partial charge in [-0.2, -0.15) is 5.10 Å². The van der Waals surface area contributed by atoms with Gasteiger partial charge in [-0.25, -0.2) is 5.01 Å². The Labute approximate surface area is 152 Å². The van der Waals surface area contributed by atoms with E-state index in [1.165, 1.54) is 16.3 Å². The molecule has 0 saturated carbocycles. The van der Waals surface area contributed by atoms with Crippen molar-refractivity contribution in [3.05, 3.63) is 52.2 Å². The second-order valence-electron chi connectivity index (χ2n) is 6.16. The molecule has 0 fully saturated rings. The second kappa shape index (κ2) is 6.06. The molecule has 3 heterocycles. The van der Waals surface area contributed by atoms with Crippen LogP contribution < -0.4 is 5.32 Å². The summed E-state index contributed by atoms with van der Waals surface area (Å²) in [6.07, 6.45) is -0.262. The highest BCUT2D eigenvalue weighted by molar-refractivity contribution is 7.12.